The molecule has 0 saturated heterocycles. The quantitative estimate of drug-likeness (QED) is 0.343. The molecule has 3 N–H and O–H groups in total. The molecule has 1 aromatic rings. The largest absolute Gasteiger partial charge is 0.290 e. The fourth-order valence-electron chi connectivity index (χ4n) is 0.673. The summed E-state index contributed by atoms with van der Waals surface area (Å²) in [6.07, 6.45) is 0. The van der Waals surface area contributed by atoms with E-state index in [1.807, 2.05) is 11.5 Å². The van der Waals surface area contributed by atoms with Crippen molar-refractivity contribution in [3.8, 4) is 0 Å². The Morgan fingerprint density at radius 2 is 1.82 bits per heavy atom. The number of benzene rings is 1. The fraction of sp³-hybridized carbons (Fsp3) is 0. The highest BCUT2D eigenvalue weighted by Crippen LogP contribution is 1.95. The first-order valence-corrected chi connectivity index (χ1v) is 2.90. The lowest BCUT2D eigenvalue weighted by molar-refractivity contribution is 0.0953. The molecule has 0 aliphatic carbocycles. The second kappa shape index (κ2) is 4.46. The van der Waals surface area contributed by atoms with Crippen LogP contribution in [-0.4, -0.2) is 5.91 Å². The van der Waals surface area contributed by atoms with Crippen molar-refractivity contribution in [2.75, 3.05) is 0 Å². The van der Waals surface area contributed by atoms with Crippen LogP contribution in [0, 0.1) is 7.43 Å². The lowest BCUT2D eigenvalue weighted by Gasteiger charge is -1.95. The molecule has 0 aliphatic heterocycles. The molecular formula is C8H8N2O. The Labute approximate surface area is 66.2 Å². The summed E-state index contributed by atoms with van der Waals surface area (Å²) < 4.78 is 0. The van der Waals surface area contributed by atoms with Crippen LogP contribution in [0.15, 0.2) is 30.3 Å². The zero-order chi connectivity index (χ0) is 7.40. The Balaban J connectivity index is 0.000001000. The van der Waals surface area contributed by atoms with E-state index in [4.69, 9.17) is 5.84 Å². The van der Waals surface area contributed by atoms with Gasteiger partial charge in [-0.05, 0) is 12.1 Å². The summed E-state index contributed by atoms with van der Waals surface area (Å²) in [6.45, 7) is 0. The standard InChI is InChI=1S/C7H8N2O.C/c8-9-7(10)6-4-2-1-3-5-6;/h1-5H,8H2,(H,9,10);. The molecule has 0 unspecified atom stereocenters. The maximum absolute atomic E-state index is 10.8. The summed E-state index contributed by atoms with van der Waals surface area (Å²) in [7, 11) is 0. The Morgan fingerprint density at radius 1 is 1.27 bits per heavy atom. The number of amides is 1. The van der Waals surface area contributed by atoms with Gasteiger partial charge in [0.15, 0.2) is 0 Å². The predicted molar refractivity (Wildman–Crippen MR) is 41.3 cm³/mol. The van der Waals surface area contributed by atoms with E-state index < -0.39 is 0 Å². The van der Waals surface area contributed by atoms with E-state index in [1.165, 1.54) is 0 Å². The number of carbonyl (C=O) groups excluding carboxylic acids is 1. The number of hydrogen-bond acceptors (Lipinski definition) is 2. The number of nitrogens with two attached hydrogens (primary N) is 1. The number of hydrazine groups is 1. The molecule has 0 heterocycles. The van der Waals surface area contributed by atoms with Crippen LogP contribution in [0.1, 0.15) is 10.4 Å². The number of nitrogens with one attached hydrogen (secondary N) is 1. The molecule has 56 valence electrons. The third-order valence-electron chi connectivity index (χ3n) is 1.17. The van der Waals surface area contributed by atoms with Crippen molar-refractivity contribution >= 4 is 5.91 Å². The van der Waals surface area contributed by atoms with Crippen LogP contribution in [0.25, 0.3) is 0 Å². The van der Waals surface area contributed by atoms with Crippen LogP contribution in [0.5, 0.6) is 0 Å². The van der Waals surface area contributed by atoms with E-state index in [-0.39, 0.29) is 13.3 Å². The van der Waals surface area contributed by atoms with E-state index in [9.17, 15) is 4.79 Å². The van der Waals surface area contributed by atoms with Gasteiger partial charge in [-0.3, -0.25) is 10.2 Å². The van der Waals surface area contributed by atoms with Crippen LogP contribution in [0.2, 0.25) is 0 Å². The molecule has 1 rings (SSSR count). The average molecular weight is 148 g/mol. The minimum Gasteiger partial charge on any atom is -0.290 e. The molecule has 4 radical (unpaired) electrons. The van der Waals surface area contributed by atoms with Crippen LogP contribution < -0.4 is 11.3 Å². The molecule has 0 fully saturated rings. The summed E-state index contributed by atoms with van der Waals surface area (Å²) in [6, 6.07) is 8.80. The fourth-order valence-corrected chi connectivity index (χ4v) is 0.673. The maximum atomic E-state index is 10.8. The van der Waals surface area contributed by atoms with Crippen molar-refractivity contribution in [3.63, 3.8) is 0 Å². The van der Waals surface area contributed by atoms with E-state index in [0.29, 0.717) is 5.56 Å². The molecule has 3 heteroatoms. The molecule has 3 nitrogen and oxygen atoms in total. The molecule has 0 spiro atoms. The molecule has 0 aromatic heterocycles. The van der Waals surface area contributed by atoms with Crippen LogP contribution >= 0.6 is 0 Å². The Bertz CT molecular complexity index is 221. The van der Waals surface area contributed by atoms with Crippen molar-refractivity contribution in [2.45, 2.75) is 0 Å². The minimum absolute atomic E-state index is 0. The van der Waals surface area contributed by atoms with Gasteiger partial charge in [-0.1, -0.05) is 18.2 Å². The van der Waals surface area contributed by atoms with Crippen molar-refractivity contribution < 1.29 is 4.79 Å². The topological polar surface area (TPSA) is 55.1 Å². The first kappa shape index (κ1) is 9.65. The number of carbonyl (C=O) groups is 1. The van der Waals surface area contributed by atoms with Gasteiger partial charge in [0.25, 0.3) is 5.91 Å². The number of rotatable bonds is 1. The second-order valence-corrected chi connectivity index (χ2v) is 1.84. The van der Waals surface area contributed by atoms with Crippen molar-refractivity contribution in [1.29, 1.82) is 0 Å². The van der Waals surface area contributed by atoms with Gasteiger partial charge >= 0.3 is 0 Å². The molecule has 1 aromatic carbocycles. The summed E-state index contributed by atoms with van der Waals surface area (Å²) in [5, 5.41) is 0. The summed E-state index contributed by atoms with van der Waals surface area (Å²) in [5.74, 6) is 4.64. The second-order valence-electron chi connectivity index (χ2n) is 1.84. The van der Waals surface area contributed by atoms with Crippen molar-refractivity contribution in [1.82, 2.24) is 5.43 Å². The molecule has 0 atom stereocenters. The molecule has 0 aliphatic rings. The smallest absolute Gasteiger partial charge is 0.265 e. The first-order valence-electron chi connectivity index (χ1n) is 2.90. The SMILES string of the molecule is NNC(=O)c1ccccc1.[C]. The van der Waals surface area contributed by atoms with Gasteiger partial charge in [-0.2, -0.15) is 0 Å². The first-order chi connectivity index (χ1) is 4.84. The minimum atomic E-state index is -0.263. The van der Waals surface area contributed by atoms with E-state index in [2.05, 4.69) is 0 Å². The van der Waals surface area contributed by atoms with Gasteiger partial charge < -0.3 is 0 Å². The third-order valence-corrected chi connectivity index (χ3v) is 1.17. The van der Waals surface area contributed by atoms with Crippen LogP contribution in [0.3, 0.4) is 0 Å². The normalized spacial score (nSPS) is 8.09. The maximum Gasteiger partial charge on any atom is 0.265 e. The Kier molecular flexibility index (Phi) is 3.92. The number of hydrogen-bond donors (Lipinski definition) is 2. The Hall–Kier alpha value is -1.35. The average Bonchev–Trinajstić information content (AvgIpc) is 2.05. The summed E-state index contributed by atoms with van der Waals surface area (Å²) in [5.41, 5.74) is 2.62. The summed E-state index contributed by atoms with van der Waals surface area (Å²) >= 11 is 0. The zero-order valence-electron chi connectivity index (χ0n) is 5.87. The lowest BCUT2D eigenvalue weighted by Crippen LogP contribution is -2.29. The van der Waals surface area contributed by atoms with Gasteiger partial charge in [0, 0.05) is 13.0 Å². The summed E-state index contributed by atoms with van der Waals surface area (Å²) in [4.78, 5) is 10.8. The van der Waals surface area contributed by atoms with Crippen molar-refractivity contribution in [2.24, 2.45) is 5.84 Å². The molecule has 0 bridgehead atoms. The zero-order valence-corrected chi connectivity index (χ0v) is 5.87. The molecule has 11 heavy (non-hydrogen) atoms. The molecule has 0 saturated carbocycles. The molecule has 1 amide bonds. The van der Waals surface area contributed by atoms with Crippen LogP contribution in [0.4, 0.5) is 0 Å². The van der Waals surface area contributed by atoms with Gasteiger partial charge in [-0.15, -0.1) is 0 Å². The van der Waals surface area contributed by atoms with E-state index in [1.54, 1.807) is 24.3 Å². The number of nitrogen functional groups attached to an aromatic ring is 1. The highest BCUT2D eigenvalue weighted by Gasteiger charge is 1.98. The highest BCUT2D eigenvalue weighted by molar-refractivity contribution is 5.93. The monoisotopic (exact) mass is 148 g/mol. The van der Waals surface area contributed by atoms with Crippen LogP contribution in [-0.2, 0) is 0 Å². The highest BCUT2D eigenvalue weighted by atomic mass is 16.2. The predicted octanol–water partition coefficient (Wildman–Crippen LogP) is 0.371. The van der Waals surface area contributed by atoms with Gasteiger partial charge in [0.2, 0.25) is 0 Å². The van der Waals surface area contributed by atoms with Gasteiger partial charge in [-0.25, -0.2) is 5.84 Å². The van der Waals surface area contributed by atoms with Gasteiger partial charge in [0.1, 0.15) is 0 Å². The lowest BCUT2D eigenvalue weighted by atomic mass is 10.2. The van der Waals surface area contributed by atoms with E-state index >= 15 is 0 Å². The molecular weight excluding hydrogens is 140 g/mol. The Morgan fingerprint density at radius 3 is 2.27 bits per heavy atom. The van der Waals surface area contributed by atoms with Gasteiger partial charge in [0.05, 0.1) is 0 Å². The van der Waals surface area contributed by atoms with Crippen molar-refractivity contribution in [3.05, 3.63) is 43.3 Å². The van der Waals surface area contributed by atoms with E-state index in [0.717, 1.165) is 0 Å². The third kappa shape index (κ3) is 2.39.